The highest BCUT2D eigenvalue weighted by Gasteiger charge is 1.98. The Bertz CT molecular complexity index is 198. The fraction of sp³-hybridized carbons (Fsp3) is 0.455. The van der Waals surface area contributed by atoms with Crippen molar-refractivity contribution in [1.82, 2.24) is 0 Å². The van der Waals surface area contributed by atoms with Crippen molar-refractivity contribution in [3.05, 3.63) is 29.3 Å². The first-order valence-corrected chi connectivity index (χ1v) is 4.39. The third-order valence-electron chi connectivity index (χ3n) is 1.97. The van der Waals surface area contributed by atoms with Gasteiger partial charge in [-0.2, -0.15) is 0 Å². The van der Waals surface area contributed by atoms with Crippen LogP contribution in [0.1, 0.15) is 25.0 Å². The van der Waals surface area contributed by atoms with Crippen molar-refractivity contribution in [1.29, 1.82) is 0 Å². The van der Waals surface area contributed by atoms with E-state index in [9.17, 15) is 0 Å². The molecule has 0 aliphatic rings. The van der Waals surface area contributed by atoms with Crippen LogP contribution in [0.5, 0.6) is 5.75 Å². The van der Waals surface area contributed by atoms with Crippen LogP contribution in [0.3, 0.4) is 0 Å². The molecule has 1 nitrogen and oxygen atoms in total. The SMILES string of the molecule is CCc1[c]c(OC)cc(CC)c1. The highest BCUT2D eigenvalue weighted by Crippen LogP contribution is 2.16. The number of hydrogen-bond acceptors (Lipinski definition) is 1. The molecule has 1 radical (unpaired) electrons. The first-order valence-electron chi connectivity index (χ1n) is 4.39. The Balaban J connectivity index is 3.01. The van der Waals surface area contributed by atoms with E-state index in [4.69, 9.17) is 4.74 Å². The van der Waals surface area contributed by atoms with Crippen LogP contribution < -0.4 is 4.74 Å². The molecule has 0 aliphatic carbocycles. The monoisotopic (exact) mass is 163 g/mol. The van der Waals surface area contributed by atoms with E-state index >= 15 is 0 Å². The largest absolute Gasteiger partial charge is 0.496 e. The molecule has 0 aromatic heterocycles. The van der Waals surface area contributed by atoms with E-state index < -0.39 is 0 Å². The van der Waals surface area contributed by atoms with E-state index in [-0.39, 0.29) is 0 Å². The van der Waals surface area contributed by atoms with Gasteiger partial charge in [0.15, 0.2) is 0 Å². The molecule has 0 heterocycles. The number of benzene rings is 1. The molecule has 1 aromatic carbocycles. The molecule has 0 saturated carbocycles. The van der Waals surface area contributed by atoms with Crippen LogP contribution in [-0.2, 0) is 12.8 Å². The molecule has 0 unspecified atom stereocenters. The average molecular weight is 163 g/mol. The van der Waals surface area contributed by atoms with Crippen LogP contribution in [0, 0.1) is 6.07 Å². The van der Waals surface area contributed by atoms with Gasteiger partial charge in [0.2, 0.25) is 0 Å². The molecule has 1 rings (SSSR count). The minimum absolute atomic E-state index is 0.853. The van der Waals surface area contributed by atoms with Gasteiger partial charge >= 0.3 is 0 Å². The van der Waals surface area contributed by atoms with Crippen LogP contribution in [0.2, 0.25) is 0 Å². The maximum atomic E-state index is 5.14. The zero-order chi connectivity index (χ0) is 8.97. The van der Waals surface area contributed by atoms with Gasteiger partial charge in [0.05, 0.1) is 7.11 Å². The Morgan fingerprint density at radius 2 is 2.00 bits per heavy atom. The van der Waals surface area contributed by atoms with Crippen molar-refractivity contribution in [3.8, 4) is 5.75 Å². The van der Waals surface area contributed by atoms with Crippen molar-refractivity contribution in [3.63, 3.8) is 0 Å². The van der Waals surface area contributed by atoms with E-state index in [2.05, 4.69) is 26.0 Å². The quantitative estimate of drug-likeness (QED) is 0.665. The van der Waals surface area contributed by atoms with E-state index in [1.165, 1.54) is 11.1 Å². The fourth-order valence-electron chi connectivity index (χ4n) is 1.17. The first-order chi connectivity index (χ1) is 5.80. The second kappa shape index (κ2) is 4.15. The lowest BCUT2D eigenvalue weighted by Gasteiger charge is -2.05. The van der Waals surface area contributed by atoms with Gasteiger partial charge in [-0.1, -0.05) is 19.9 Å². The molecular weight excluding hydrogens is 148 g/mol. The number of hydrogen-bond donors (Lipinski definition) is 0. The molecule has 1 heteroatoms. The van der Waals surface area contributed by atoms with Gasteiger partial charge in [-0.05, 0) is 30.0 Å². The average Bonchev–Trinajstić information content (AvgIpc) is 2.16. The van der Waals surface area contributed by atoms with E-state index in [1.54, 1.807) is 7.11 Å². The summed E-state index contributed by atoms with van der Waals surface area (Å²) in [4.78, 5) is 0. The summed E-state index contributed by atoms with van der Waals surface area (Å²) in [6.07, 6.45) is 2.07. The van der Waals surface area contributed by atoms with Gasteiger partial charge in [0.25, 0.3) is 0 Å². The summed E-state index contributed by atoms with van der Waals surface area (Å²) >= 11 is 0. The summed E-state index contributed by atoms with van der Waals surface area (Å²) in [5, 5.41) is 0. The van der Waals surface area contributed by atoms with Gasteiger partial charge in [-0.15, -0.1) is 0 Å². The molecular formula is C11H15O. The molecule has 0 amide bonds. The van der Waals surface area contributed by atoms with Crippen LogP contribution >= 0.6 is 0 Å². The van der Waals surface area contributed by atoms with Crippen molar-refractivity contribution in [2.75, 3.05) is 7.11 Å². The number of aryl methyl sites for hydroxylation is 2. The molecule has 65 valence electrons. The van der Waals surface area contributed by atoms with Gasteiger partial charge < -0.3 is 4.74 Å². The summed E-state index contributed by atoms with van der Waals surface area (Å²) in [5.74, 6) is 0.853. The van der Waals surface area contributed by atoms with E-state index in [0.717, 1.165) is 18.6 Å². The molecule has 12 heavy (non-hydrogen) atoms. The highest BCUT2D eigenvalue weighted by atomic mass is 16.5. The molecule has 0 N–H and O–H groups in total. The summed E-state index contributed by atoms with van der Waals surface area (Å²) in [6.45, 7) is 4.28. The Kier molecular flexibility index (Phi) is 3.15. The highest BCUT2D eigenvalue weighted by molar-refractivity contribution is 5.33. The molecule has 0 aliphatic heterocycles. The topological polar surface area (TPSA) is 9.23 Å². The van der Waals surface area contributed by atoms with Crippen LogP contribution in [0.15, 0.2) is 12.1 Å². The normalized spacial score (nSPS) is 9.92. The minimum atomic E-state index is 0.853. The lowest BCUT2D eigenvalue weighted by molar-refractivity contribution is 0.413. The Hall–Kier alpha value is -0.980. The number of ether oxygens (including phenoxy) is 1. The maximum absolute atomic E-state index is 5.14. The van der Waals surface area contributed by atoms with Crippen molar-refractivity contribution >= 4 is 0 Å². The Labute approximate surface area is 74.4 Å². The van der Waals surface area contributed by atoms with Crippen molar-refractivity contribution in [2.24, 2.45) is 0 Å². The first kappa shape index (κ1) is 9.11. The molecule has 0 saturated heterocycles. The Morgan fingerprint density at radius 3 is 2.50 bits per heavy atom. The summed E-state index contributed by atoms with van der Waals surface area (Å²) < 4.78 is 5.14. The van der Waals surface area contributed by atoms with Crippen molar-refractivity contribution < 1.29 is 4.74 Å². The lowest BCUT2D eigenvalue weighted by Crippen LogP contribution is -1.90. The summed E-state index contributed by atoms with van der Waals surface area (Å²) in [5.41, 5.74) is 2.55. The molecule has 0 fully saturated rings. The van der Waals surface area contributed by atoms with Crippen LogP contribution in [-0.4, -0.2) is 7.11 Å². The zero-order valence-electron chi connectivity index (χ0n) is 7.98. The van der Waals surface area contributed by atoms with E-state index in [0.29, 0.717) is 0 Å². The standard InChI is InChI=1S/C11H15O/c1-4-9-6-10(5-2)8-11(7-9)12-3/h6-7H,4-5H2,1-3H3. The third-order valence-corrected chi connectivity index (χ3v) is 1.97. The fourth-order valence-corrected chi connectivity index (χ4v) is 1.17. The number of rotatable bonds is 3. The molecule has 0 atom stereocenters. The lowest BCUT2D eigenvalue weighted by atomic mass is 10.1. The molecule has 0 spiro atoms. The van der Waals surface area contributed by atoms with Gasteiger partial charge in [-0.3, -0.25) is 0 Å². The van der Waals surface area contributed by atoms with E-state index in [1.807, 2.05) is 6.07 Å². The van der Waals surface area contributed by atoms with Gasteiger partial charge in [0.1, 0.15) is 5.75 Å². The second-order valence-corrected chi connectivity index (χ2v) is 2.79. The third kappa shape index (κ3) is 2.00. The summed E-state index contributed by atoms with van der Waals surface area (Å²) in [6, 6.07) is 7.42. The molecule has 0 bridgehead atoms. The van der Waals surface area contributed by atoms with Gasteiger partial charge in [-0.25, -0.2) is 0 Å². The predicted molar refractivity (Wildman–Crippen MR) is 50.6 cm³/mol. The minimum Gasteiger partial charge on any atom is -0.496 e. The number of methoxy groups -OCH3 is 1. The Morgan fingerprint density at radius 1 is 1.25 bits per heavy atom. The smallest absolute Gasteiger partial charge is 0.127 e. The van der Waals surface area contributed by atoms with Crippen LogP contribution in [0.4, 0.5) is 0 Å². The zero-order valence-corrected chi connectivity index (χ0v) is 7.98. The van der Waals surface area contributed by atoms with Gasteiger partial charge in [0, 0.05) is 6.07 Å². The maximum Gasteiger partial charge on any atom is 0.127 e. The second-order valence-electron chi connectivity index (χ2n) is 2.79. The van der Waals surface area contributed by atoms with Crippen LogP contribution in [0.25, 0.3) is 0 Å². The van der Waals surface area contributed by atoms with Crippen molar-refractivity contribution in [2.45, 2.75) is 26.7 Å². The molecule has 1 aromatic rings. The summed E-state index contributed by atoms with van der Waals surface area (Å²) in [7, 11) is 1.69. The predicted octanol–water partition coefficient (Wildman–Crippen LogP) is 2.62.